The number of ether oxygens (including phenoxy) is 1. The Morgan fingerprint density at radius 2 is 2.27 bits per heavy atom. The zero-order chi connectivity index (χ0) is 8.53. The van der Waals surface area contributed by atoms with Crippen molar-refractivity contribution in [2.75, 3.05) is 13.2 Å². The van der Waals surface area contributed by atoms with E-state index in [0.717, 1.165) is 13.0 Å². The van der Waals surface area contributed by atoms with Crippen molar-refractivity contribution in [2.24, 2.45) is 0 Å². The molecule has 0 saturated carbocycles. The first-order valence-corrected chi connectivity index (χ1v) is 4.00. The zero-order valence-electron chi connectivity index (χ0n) is 7.05. The molecule has 11 heavy (non-hydrogen) atoms. The molecule has 0 aromatic heterocycles. The standard InChI is InChI=1S/C9H16O2/c1-3-5-9(10)6-8-11-7-4-2/h1,9-10H,4-8H2,2H3. The smallest absolute Gasteiger partial charge is 0.0671 e. The third-order valence-electron chi connectivity index (χ3n) is 1.30. The molecule has 1 N–H and O–H groups in total. The van der Waals surface area contributed by atoms with Crippen molar-refractivity contribution in [1.82, 2.24) is 0 Å². The van der Waals surface area contributed by atoms with Crippen LogP contribution in [0.15, 0.2) is 0 Å². The molecule has 2 heteroatoms. The molecule has 0 aromatic carbocycles. The zero-order valence-corrected chi connectivity index (χ0v) is 7.05. The number of aliphatic hydroxyl groups is 1. The molecule has 0 bridgehead atoms. The fraction of sp³-hybridized carbons (Fsp3) is 0.778. The van der Waals surface area contributed by atoms with Crippen molar-refractivity contribution < 1.29 is 9.84 Å². The maximum Gasteiger partial charge on any atom is 0.0671 e. The quantitative estimate of drug-likeness (QED) is 0.462. The molecule has 0 spiro atoms. The van der Waals surface area contributed by atoms with Gasteiger partial charge >= 0.3 is 0 Å². The summed E-state index contributed by atoms with van der Waals surface area (Å²) in [6.07, 6.45) is 6.71. The van der Waals surface area contributed by atoms with Gasteiger partial charge in [-0.25, -0.2) is 0 Å². The molecule has 64 valence electrons. The van der Waals surface area contributed by atoms with Gasteiger partial charge in [-0.3, -0.25) is 0 Å². The summed E-state index contributed by atoms with van der Waals surface area (Å²) < 4.78 is 5.17. The first-order valence-electron chi connectivity index (χ1n) is 4.00. The van der Waals surface area contributed by atoms with Crippen molar-refractivity contribution >= 4 is 0 Å². The first kappa shape index (κ1) is 10.5. The van der Waals surface area contributed by atoms with Gasteiger partial charge in [0.25, 0.3) is 0 Å². The van der Waals surface area contributed by atoms with E-state index in [1.807, 2.05) is 0 Å². The fourth-order valence-electron chi connectivity index (χ4n) is 0.704. The molecule has 0 aromatic rings. The Kier molecular flexibility index (Phi) is 7.23. The molecule has 0 aliphatic heterocycles. The van der Waals surface area contributed by atoms with E-state index < -0.39 is 6.10 Å². The number of aliphatic hydroxyl groups excluding tert-OH is 1. The minimum atomic E-state index is -0.392. The van der Waals surface area contributed by atoms with Gasteiger partial charge in [-0.05, 0) is 12.8 Å². The predicted molar refractivity (Wildman–Crippen MR) is 45.2 cm³/mol. The normalized spacial score (nSPS) is 12.5. The van der Waals surface area contributed by atoms with Crippen LogP contribution in [0.25, 0.3) is 0 Å². The number of hydrogen-bond acceptors (Lipinski definition) is 2. The summed E-state index contributed by atoms with van der Waals surface area (Å²) in [7, 11) is 0. The Morgan fingerprint density at radius 3 is 2.82 bits per heavy atom. The van der Waals surface area contributed by atoms with Gasteiger partial charge in [0.2, 0.25) is 0 Å². The Morgan fingerprint density at radius 1 is 1.55 bits per heavy atom. The van der Waals surface area contributed by atoms with E-state index in [0.29, 0.717) is 19.4 Å². The van der Waals surface area contributed by atoms with E-state index in [-0.39, 0.29) is 0 Å². The highest BCUT2D eigenvalue weighted by Crippen LogP contribution is 1.96. The van der Waals surface area contributed by atoms with Crippen LogP contribution in [-0.4, -0.2) is 24.4 Å². The highest BCUT2D eigenvalue weighted by atomic mass is 16.5. The summed E-state index contributed by atoms with van der Waals surface area (Å²) in [5, 5.41) is 9.13. The molecule has 0 aliphatic carbocycles. The van der Waals surface area contributed by atoms with Crippen molar-refractivity contribution in [3.8, 4) is 12.3 Å². The van der Waals surface area contributed by atoms with E-state index in [1.165, 1.54) is 0 Å². The molecule has 0 saturated heterocycles. The minimum absolute atomic E-state index is 0.392. The fourth-order valence-corrected chi connectivity index (χ4v) is 0.704. The Bertz CT molecular complexity index is 115. The van der Waals surface area contributed by atoms with Crippen LogP contribution in [-0.2, 0) is 4.74 Å². The summed E-state index contributed by atoms with van der Waals surface area (Å²) in [4.78, 5) is 0. The summed E-state index contributed by atoms with van der Waals surface area (Å²) in [5.74, 6) is 2.40. The second-order valence-electron chi connectivity index (χ2n) is 2.46. The molecule has 0 amide bonds. The average molecular weight is 156 g/mol. The lowest BCUT2D eigenvalue weighted by molar-refractivity contribution is 0.0844. The van der Waals surface area contributed by atoms with Gasteiger partial charge in [0.1, 0.15) is 0 Å². The number of hydrogen-bond donors (Lipinski definition) is 1. The largest absolute Gasteiger partial charge is 0.392 e. The van der Waals surface area contributed by atoms with E-state index in [2.05, 4.69) is 12.8 Å². The summed E-state index contributed by atoms with van der Waals surface area (Å²) in [6.45, 7) is 3.43. The lowest BCUT2D eigenvalue weighted by atomic mass is 10.2. The van der Waals surface area contributed by atoms with E-state index in [4.69, 9.17) is 16.3 Å². The number of terminal acetylenes is 1. The highest BCUT2D eigenvalue weighted by Gasteiger charge is 2.00. The SMILES string of the molecule is C#CCC(O)CCOCCC. The van der Waals surface area contributed by atoms with Crippen molar-refractivity contribution in [2.45, 2.75) is 32.3 Å². The van der Waals surface area contributed by atoms with Gasteiger partial charge < -0.3 is 9.84 Å². The average Bonchev–Trinajstić information content (AvgIpc) is 1.99. The van der Waals surface area contributed by atoms with Gasteiger partial charge in [0.15, 0.2) is 0 Å². The Balaban J connectivity index is 3.05. The van der Waals surface area contributed by atoms with Crippen LogP contribution < -0.4 is 0 Å². The Hall–Kier alpha value is -0.520. The van der Waals surface area contributed by atoms with Gasteiger partial charge in [0.05, 0.1) is 6.10 Å². The van der Waals surface area contributed by atoms with Crippen molar-refractivity contribution in [3.63, 3.8) is 0 Å². The van der Waals surface area contributed by atoms with Crippen LogP contribution in [0.5, 0.6) is 0 Å². The summed E-state index contributed by atoms with van der Waals surface area (Å²) >= 11 is 0. The van der Waals surface area contributed by atoms with Crippen LogP contribution in [0.2, 0.25) is 0 Å². The molecule has 0 rings (SSSR count). The lowest BCUT2D eigenvalue weighted by Gasteiger charge is -2.06. The van der Waals surface area contributed by atoms with Crippen LogP contribution in [0, 0.1) is 12.3 Å². The molecule has 1 unspecified atom stereocenters. The minimum Gasteiger partial charge on any atom is -0.392 e. The molecule has 0 aliphatic rings. The van der Waals surface area contributed by atoms with E-state index in [1.54, 1.807) is 0 Å². The van der Waals surface area contributed by atoms with Gasteiger partial charge in [-0.2, -0.15) is 0 Å². The van der Waals surface area contributed by atoms with Crippen molar-refractivity contribution in [1.29, 1.82) is 0 Å². The molecule has 0 heterocycles. The molecule has 0 radical (unpaired) electrons. The molecule has 1 atom stereocenters. The number of rotatable bonds is 6. The van der Waals surface area contributed by atoms with E-state index >= 15 is 0 Å². The molecular weight excluding hydrogens is 140 g/mol. The lowest BCUT2D eigenvalue weighted by Crippen LogP contribution is -2.09. The maximum absolute atomic E-state index is 9.13. The third kappa shape index (κ3) is 7.38. The van der Waals surface area contributed by atoms with Crippen LogP contribution in [0.3, 0.4) is 0 Å². The van der Waals surface area contributed by atoms with Crippen molar-refractivity contribution in [3.05, 3.63) is 0 Å². The topological polar surface area (TPSA) is 29.5 Å². The maximum atomic E-state index is 9.13. The summed E-state index contributed by atoms with van der Waals surface area (Å²) in [6, 6.07) is 0. The Labute approximate surface area is 68.6 Å². The molecule has 0 fully saturated rings. The second kappa shape index (κ2) is 7.59. The monoisotopic (exact) mass is 156 g/mol. The van der Waals surface area contributed by atoms with E-state index in [9.17, 15) is 0 Å². The van der Waals surface area contributed by atoms with Gasteiger partial charge in [-0.1, -0.05) is 6.92 Å². The highest BCUT2D eigenvalue weighted by molar-refractivity contribution is 4.86. The van der Waals surface area contributed by atoms with Crippen LogP contribution in [0.4, 0.5) is 0 Å². The predicted octanol–water partition coefficient (Wildman–Crippen LogP) is 1.19. The molecular formula is C9H16O2. The van der Waals surface area contributed by atoms with Gasteiger partial charge in [-0.15, -0.1) is 12.3 Å². The first-order chi connectivity index (χ1) is 5.31. The van der Waals surface area contributed by atoms with Gasteiger partial charge in [0, 0.05) is 19.6 Å². The van der Waals surface area contributed by atoms with Crippen LogP contribution in [0.1, 0.15) is 26.2 Å². The summed E-state index contributed by atoms with van der Waals surface area (Å²) in [5.41, 5.74) is 0. The third-order valence-corrected chi connectivity index (χ3v) is 1.30. The second-order valence-corrected chi connectivity index (χ2v) is 2.46. The molecule has 2 nitrogen and oxygen atoms in total. The van der Waals surface area contributed by atoms with Crippen LogP contribution >= 0.6 is 0 Å².